The van der Waals surface area contributed by atoms with Gasteiger partial charge in [0.1, 0.15) is 12.4 Å². The molecular formula is C11H14N4O4. The Morgan fingerprint density at radius 2 is 2.26 bits per heavy atom. The summed E-state index contributed by atoms with van der Waals surface area (Å²) in [5, 5.41) is 0. The summed E-state index contributed by atoms with van der Waals surface area (Å²) in [5.41, 5.74) is 5.71. The molecule has 0 unspecified atom stereocenters. The number of carbonyl (C=O) groups is 2. The van der Waals surface area contributed by atoms with Gasteiger partial charge in [-0.25, -0.2) is 9.97 Å². The zero-order valence-electron chi connectivity index (χ0n) is 10.7. The number of aromatic nitrogens is 2. The first-order chi connectivity index (χ1) is 9.02. The number of fused-ring (bicyclic) bond motifs is 1. The molecule has 0 aliphatic carbocycles. The molecule has 2 rings (SSSR count). The number of rotatable bonds is 3. The molecule has 0 radical (unpaired) electrons. The molecule has 0 fully saturated rings. The summed E-state index contributed by atoms with van der Waals surface area (Å²) in [5.74, 6) is 0.0626. The van der Waals surface area contributed by atoms with E-state index in [1.165, 1.54) is 4.90 Å². The van der Waals surface area contributed by atoms with E-state index in [1.54, 1.807) is 13.8 Å². The first-order valence-corrected chi connectivity index (χ1v) is 5.75. The van der Waals surface area contributed by atoms with Crippen LogP contribution in [0.2, 0.25) is 0 Å². The van der Waals surface area contributed by atoms with Gasteiger partial charge in [-0.2, -0.15) is 0 Å². The smallest absolute Gasteiger partial charge is 0.326 e. The number of carbonyl (C=O) groups excluding carboxylic acids is 2. The highest BCUT2D eigenvalue weighted by Crippen LogP contribution is 2.34. The second-order valence-corrected chi connectivity index (χ2v) is 3.88. The molecule has 1 aromatic rings. The lowest BCUT2D eigenvalue weighted by molar-refractivity contribution is -0.142. The van der Waals surface area contributed by atoms with Gasteiger partial charge < -0.3 is 15.2 Å². The molecule has 0 aromatic carbocycles. The Morgan fingerprint density at radius 3 is 2.95 bits per heavy atom. The SMILES string of the molecule is CCOC(=O)CN1C(=O)COc2c(N)nc(C)nc21. The Hall–Kier alpha value is -2.38. The van der Waals surface area contributed by atoms with Gasteiger partial charge in [-0.1, -0.05) is 0 Å². The molecule has 0 atom stereocenters. The second kappa shape index (κ2) is 5.09. The normalized spacial score (nSPS) is 13.8. The second-order valence-electron chi connectivity index (χ2n) is 3.88. The van der Waals surface area contributed by atoms with Crippen LogP contribution in [0.4, 0.5) is 11.6 Å². The summed E-state index contributed by atoms with van der Waals surface area (Å²) in [7, 11) is 0. The van der Waals surface area contributed by atoms with E-state index >= 15 is 0 Å². The van der Waals surface area contributed by atoms with Crippen LogP contribution in [0.25, 0.3) is 0 Å². The molecule has 2 heterocycles. The summed E-state index contributed by atoms with van der Waals surface area (Å²) in [6, 6.07) is 0. The molecule has 0 spiro atoms. The molecule has 1 aliphatic heterocycles. The van der Waals surface area contributed by atoms with Gasteiger partial charge in [0.2, 0.25) is 5.75 Å². The van der Waals surface area contributed by atoms with Gasteiger partial charge in [0, 0.05) is 0 Å². The minimum absolute atomic E-state index is 0.142. The van der Waals surface area contributed by atoms with Crippen LogP contribution >= 0.6 is 0 Å². The maximum Gasteiger partial charge on any atom is 0.326 e. The van der Waals surface area contributed by atoms with Crippen LogP contribution < -0.4 is 15.4 Å². The van der Waals surface area contributed by atoms with Crippen molar-refractivity contribution in [3.63, 3.8) is 0 Å². The standard InChI is InChI=1S/C11H14N4O4/c1-3-18-8(17)4-15-7(16)5-19-9-10(12)13-6(2)14-11(9)15/h3-5H2,1-2H3,(H2,12,13,14). The molecule has 8 nitrogen and oxygen atoms in total. The predicted molar refractivity (Wildman–Crippen MR) is 65.7 cm³/mol. The minimum Gasteiger partial charge on any atom is -0.476 e. The lowest BCUT2D eigenvalue weighted by Gasteiger charge is -2.27. The van der Waals surface area contributed by atoms with Crippen LogP contribution in [-0.4, -0.2) is 41.6 Å². The number of amides is 1. The number of anilines is 2. The summed E-state index contributed by atoms with van der Waals surface area (Å²) >= 11 is 0. The highest BCUT2D eigenvalue weighted by Gasteiger charge is 2.31. The van der Waals surface area contributed by atoms with Crippen molar-refractivity contribution in [3.8, 4) is 5.75 Å². The molecule has 0 saturated carbocycles. The molecule has 102 valence electrons. The van der Waals surface area contributed by atoms with Crippen LogP contribution in [0.5, 0.6) is 5.75 Å². The quantitative estimate of drug-likeness (QED) is 0.745. The van der Waals surface area contributed by atoms with Crippen LogP contribution in [0.1, 0.15) is 12.7 Å². The maximum atomic E-state index is 11.8. The average Bonchev–Trinajstić information content (AvgIpc) is 2.33. The lowest BCUT2D eigenvalue weighted by Crippen LogP contribution is -2.43. The van der Waals surface area contributed by atoms with Crippen LogP contribution in [0.3, 0.4) is 0 Å². The van der Waals surface area contributed by atoms with Gasteiger partial charge in [-0.15, -0.1) is 0 Å². The Bertz CT molecular complexity index is 532. The van der Waals surface area contributed by atoms with E-state index in [-0.39, 0.29) is 43.1 Å². The van der Waals surface area contributed by atoms with Crippen molar-refractivity contribution in [2.45, 2.75) is 13.8 Å². The van der Waals surface area contributed by atoms with Crippen LogP contribution in [0, 0.1) is 6.92 Å². The van der Waals surface area contributed by atoms with Crippen LogP contribution in [0.15, 0.2) is 0 Å². The average molecular weight is 266 g/mol. The molecule has 19 heavy (non-hydrogen) atoms. The Labute approximate surface area is 109 Å². The third-order valence-electron chi connectivity index (χ3n) is 2.47. The van der Waals surface area contributed by atoms with Crippen molar-refractivity contribution in [2.24, 2.45) is 0 Å². The molecule has 0 saturated heterocycles. The number of hydrogen-bond acceptors (Lipinski definition) is 7. The van der Waals surface area contributed by atoms with Gasteiger partial charge in [0.25, 0.3) is 5.91 Å². The molecule has 0 bridgehead atoms. The van der Waals surface area contributed by atoms with Gasteiger partial charge in [0.05, 0.1) is 6.61 Å². The number of nitrogens with zero attached hydrogens (tertiary/aromatic N) is 3. The Morgan fingerprint density at radius 1 is 1.53 bits per heavy atom. The molecule has 1 aliphatic rings. The van der Waals surface area contributed by atoms with Gasteiger partial charge in [-0.05, 0) is 13.8 Å². The largest absolute Gasteiger partial charge is 0.476 e. The van der Waals surface area contributed by atoms with Crippen molar-refractivity contribution in [1.29, 1.82) is 0 Å². The van der Waals surface area contributed by atoms with E-state index in [1.807, 2.05) is 0 Å². The zero-order chi connectivity index (χ0) is 14.0. The van der Waals surface area contributed by atoms with Crippen molar-refractivity contribution in [2.75, 3.05) is 30.4 Å². The Kier molecular flexibility index (Phi) is 3.50. The van der Waals surface area contributed by atoms with Gasteiger partial charge in [0.15, 0.2) is 18.2 Å². The Balaban J connectivity index is 2.35. The van der Waals surface area contributed by atoms with Crippen molar-refractivity contribution >= 4 is 23.5 Å². The van der Waals surface area contributed by atoms with E-state index in [0.29, 0.717) is 5.82 Å². The van der Waals surface area contributed by atoms with Crippen molar-refractivity contribution < 1.29 is 19.1 Å². The fourth-order valence-electron chi connectivity index (χ4n) is 1.72. The highest BCUT2D eigenvalue weighted by atomic mass is 16.5. The predicted octanol–water partition coefficient (Wildman–Crippen LogP) is -0.344. The molecule has 2 N–H and O–H groups in total. The van der Waals surface area contributed by atoms with Crippen LogP contribution in [-0.2, 0) is 14.3 Å². The molecule has 1 aromatic heterocycles. The minimum atomic E-state index is -0.515. The lowest BCUT2D eigenvalue weighted by atomic mass is 10.3. The number of aryl methyl sites for hydroxylation is 1. The molecular weight excluding hydrogens is 252 g/mol. The zero-order valence-corrected chi connectivity index (χ0v) is 10.7. The van der Waals surface area contributed by atoms with E-state index in [9.17, 15) is 9.59 Å². The topological polar surface area (TPSA) is 108 Å². The van der Waals surface area contributed by atoms with E-state index < -0.39 is 5.97 Å². The molecule has 8 heteroatoms. The third-order valence-corrected chi connectivity index (χ3v) is 2.47. The number of nitrogens with two attached hydrogens (primary N) is 1. The number of ether oxygens (including phenoxy) is 2. The first kappa shape index (κ1) is 13.1. The van der Waals surface area contributed by atoms with E-state index in [4.69, 9.17) is 15.2 Å². The third kappa shape index (κ3) is 2.56. The fourth-order valence-corrected chi connectivity index (χ4v) is 1.72. The summed E-state index contributed by atoms with van der Waals surface area (Å²) in [4.78, 5) is 32.6. The number of esters is 1. The van der Waals surface area contributed by atoms with Gasteiger partial charge in [-0.3, -0.25) is 14.5 Å². The first-order valence-electron chi connectivity index (χ1n) is 5.75. The summed E-state index contributed by atoms with van der Waals surface area (Å²) in [6.45, 7) is 3.15. The monoisotopic (exact) mass is 266 g/mol. The molecule has 1 amide bonds. The maximum absolute atomic E-state index is 11.8. The fraction of sp³-hybridized carbons (Fsp3) is 0.455. The summed E-state index contributed by atoms with van der Waals surface area (Å²) < 4.78 is 10.0. The highest BCUT2D eigenvalue weighted by molar-refractivity contribution is 6.01. The van der Waals surface area contributed by atoms with E-state index in [0.717, 1.165) is 0 Å². The number of nitrogen functional groups attached to an aromatic ring is 1. The van der Waals surface area contributed by atoms with Crippen molar-refractivity contribution in [3.05, 3.63) is 5.82 Å². The summed E-state index contributed by atoms with van der Waals surface area (Å²) in [6.07, 6.45) is 0. The number of hydrogen-bond donors (Lipinski definition) is 1. The van der Waals surface area contributed by atoms with Gasteiger partial charge >= 0.3 is 5.97 Å². The van der Waals surface area contributed by atoms with E-state index in [2.05, 4.69) is 9.97 Å². The van der Waals surface area contributed by atoms with Crippen molar-refractivity contribution in [1.82, 2.24) is 9.97 Å².